The Morgan fingerprint density at radius 3 is 2.50 bits per heavy atom. The van der Waals surface area contributed by atoms with Crippen molar-refractivity contribution in [3.8, 4) is 0 Å². The molecule has 2 nitrogen and oxygen atoms in total. The lowest BCUT2D eigenvalue weighted by molar-refractivity contribution is -0.111. The molecule has 0 radical (unpaired) electrons. The second kappa shape index (κ2) is 7.74. The summed E-state index contributed by atoms with van der Waals surface area (Å²) in [6.45, 7) is 3.96. The lowest BCUT2D eigenvalue weighted by Crippen LogP contribution is -2.03. The van der Waals surface area contributed by atoms with Gasteiger partial charge in [-0.25, -0.2) is 8.78 Å². The third-order valence-corrected chi connectivity index (χ3v) is 3.88. The number of rotatable bonds is 6. The van der Waals surface area contributed by atoms with E-state index in [0.717, 1.165) is 18.9 Å². The van der Waals surface area contributed by atoms with Crippen LogP contribution in [0.15, 0.2) is 17.0 Å². The molecule has 6 heteroatoms. The van der Waals surface area contributed by atoms with E-state index in [-0.39, 0.29) is 15.9 Å². The summed E-state index contributed by atoms with van der Waals surface area (Å²) in [6, 6.07) is 1.55. The molecule has 0 aliphatic rings. The molecule has 0 N–H and O–H groups in total. The molecule has 0 aliphatic carbocycles. The monoisotopic (exact) mass is 320 g/mol. The van der Waals surface area contributed by atoms with Crippen LogP contribution >= 0.6 is 23.4 Å². The zero-order valence-electron chi connectivity index (χ0n) is 11.2. The second-order valence-electron chi connectivity index (χ2n) is 4.61. The van der Waals surface area contributed by atoms with Gasteiger partial charge >= 0.3 is 0 Å². The molecule has 0 heterocycles. The number of hydrogen-bond donors (Lipinski definition) is 0. The zero-order valence-corrected chi connectivity index (χ0v) is 12.8. The minimum absolute atomic E-state index is 0.0795. The largest absolute Gasteiger partial charge is 0.287 e. The Hall–Kier alpha value is -0.940. The first-order valence-electron chi connectivity index (χ1n) is 6.24. The van der Waals surface area contributed by atoms with E-state index in [1.54, 1.807) is 0 Å². The van der Waals surface area contributed by atoms with Gasteiger partial charge in [0.2, 0.25) is 0 Å². The summed E-state index contributed by atoms with van der Waals surface area (Å²) in [4.78, 5) is 22.7. The summed E-state index contributed by atoms with van der Waals surface area (Å²) in [7, 11) is 0. The van der Waals surface area contributed by atoms with Crippen molar-refractivity contribution in [2.75, 3.05) is 0 Å². The fraction of sp³-hybridized carbons (Fsp3) is 0.429. The highest BCUT2D eigenvalue weighted by Crippen LogP contribution is 2.28. The van der Waals surface area contributed by atoms with Crippen molar-refractivity contribution in [2.24, 2.45) is 5.92 Å². The van der Waals surface area contributed by atoms with Gasteiger partial charge in [-0.15, -0.1) is 0 Å². The van der Waals surface area contributed by atoms with Gasteiger partial charge in [-0.3, -0.25) is 9.59 Å². The number of benzene rings is 1. The fourth-order valence-electron chi connectivity index (χ4n) is 1.80. The van der Waals surface area contributed by atoms with Crippen LogP contribution in [0.25, 0.3) is 0 Å². The molecule has 0 fully saturated rings. The van der Waals surface area contributed by atoms with E-state index in [2.05, 4.69) is 0 Å². The summed E-state index contributed by atoms with van der Waals surface area (Å²) in [5, 5.41) is -1.24. The summed E-state index contributed by atoms with van der Waals surface area (Å²) in [5.74, 6) is -1.69. The Morgan fingerprint density at radius 2 is 1.95 bits per heavy atom. The molecule has 0 saturated carbocycles. The molecule has 0 saturated heterocycles. The van der Waals surface area contributed by atoms with Crippen molar-refractivity contribution in [3.05, 3.63) is 29.3 Å². The Kier molecular flexibility index (Phi) is 6.62. The maximum absolute atomic E-state index is 13.6. The lowest BCUT2D eigenvalue weighted by Gasteiger charge is -2.09. The number of halogens is 3. The van der Waals surface area contributed by atoms with Crippen LogP contribution in [0.4, 0.5) is 8.78 Å². The zero-order chi connectivity index (χ0) is 15.3. The van der Waals surface area contributed by atoms with Crippen LogP contribution in [0.1, 0.15) is 43.5 Å². The SMILES string of the molecule is CCCC(C)CC(=O)Sc1cc(C(=O)Cl)c(F)cc1F. The van der Waals surface area contributed by atoms with E-state index < -0.39 is 22.4 Å². The van der Waals surface area contributed by atoms with Gasteiger partial charge in [0.25, 0.3) is 5.24 Å². The molecule has 1 unspecified atom stereocenters. The fourth-order valence-corrected chi connectivity index (χ4v) is 2.89. The Labute approximate surface area is 125 Å². The molecular formula is C14H15ClF2O2S. The van der Waals surface area contributed by atoms with Crippen LogP contribution in [0, 0.1) is 17.6 Å². The van der Waals surface area contributed by atoms with E-state index in [1.807, 2.05) is 13.8 Å². The third kappa shape index (κ3) is 4.87. The number of hydrogen-bond acceptors (Lipinski definition) is 3. The Balaban J connectivity index is 2.84. The summed E-state index contributed by atoms with van der Waals surface area (Å²) in [6.07, 6.45) is 2.18. The maximum atomic E-state index is 13.6. The van der Waals surface area contributed by atoms with Crippen LogP contribution in [0.5, 0.6) is 0 Å². The quantitative estimate of drug-likeness (QED) is 0.558. The van der Waals surface area contributed by atoms with Gasteiger partial charge in [0, 0.05) is 12.5 Å². The predicted molar refractivity (Wildman–Crippen MR) is 76.1 cm³/mol. The average molecular weight is 321 g/mol. The molecule has 1 atom stereocenters. The number of carbonyl (C=O) groups excluding carboxylic acids is 2. The minimum atomic E-state index is -1.03. The molecular weight excluding hydrogens is 306 g/mol. The summed E-state index contributed by atoms with van der Waals surface area (Å²) >= 11 is 5.87. The van der Waals surface area contributed by atoms with E-state index in [4.69, 9.17) is 11.6 Å². The molecule has 1 aromatic carbocycles. The topological polar surface area (TPSA) is 34.1 Å². The lowest BCUT2D eigenvalue weighted by atomic mass is 10.0. The predicted octanol–water partition coefficient (Wildman–Crippen LogP) is 4.79. The maximum Gasteiger partial charge on any atom is 0.255 e. The minimum Gasteiger partial charge on any atom is -0.287 e. The van der Waals surface area contributed by atoms with Crippen molar-refractivity contribution in [3.63, 3.8) is 0 Å². The summed E-state index contributed by atoms with van der Waals surface area (Å²) < 4.78 is 26.9. The van der Waals surface area contributed by atoms with Crippen LogP contribution in [0.2, 0.25) is 0 Å². The standard InChI is InChI=1S/C14H15ClF2O2S/c1-3-4-8(2)5-13(18)20-12-6-9(14(15)19)10(16)7-11(12)17/h6-8H,3-5H2,1-2H3. The van der Waals surface area contributed by atoms with E-state index in [9.17, 15) is 18.4 Å². The summed E-state index contributed by atoms with van der Waals surface area (Å²) in [5.41, 5.74) is -0.426. The molecule has 0 amide bonds. The third-order valence-electron chi connectivity index (χ3n) is 2.75. The highest BCUT2D eigenvalue weighted by Gasteiger charge is 2.18. The van der Waals surface area contributed by atoms with E-state index in [1.165, 1.54) is 0 Å². The van der Waals surface area contributed by atoms with E-state index in [0.29, 0.717) is 24.2 Å². The van der Waals surface area contributed by atoms with Gasteiger partial charge in [-0.2, -0.15) is 0 Å². The Bertz CT molecular complexity index is 520. The van der Waals surface area contributed by atoms with Crippen molar-refractivity contribution in [2.45, 2.75) is 38.0 Å². The van der Waals surface area contributed by atoms with Gasteiger partial charge in [0.1, 0.15) is 11.6 Å². The number of carbonyl (C=O) groups is 2. The molecule has 0 aromatic heterocycles. The molecule has 1 aromatic rings. The van der Waals surface area contributed by atoms with Crippen molar-refractivity contribution in [1.82, 2.24) is 0 Å². The highest BCUT2D eigenvalue weighted by molar-refractivity contribution is 8.13. The molecule has 0 aliphatic heterocycles. The van der Waals surface area contributed by atoms with Gasteiger partial charge in [0.05, 0.1) is 10.5 Å². The van der Waals surface area contributed by atoms with Gasteiger partial charge < -0.3 is 0 Å². The first kappa shape index (κ1) is 17.1. The second-order valence-corrected chi connectivity index (χ2v) is 6.05. The van der Waals surface area contributed by atoms with Crippen LogP contribution in [-0.4, -0.2) is 10.4 Å². The van der Waals surface area contributed by atoms with Gasteiger partial charge in [0.15, 0.2) is 5.12 Å². The van der Waals surface area contributed by atoms with Crippen molar-refractivity contribution in [1.29, 1.82) is 0 Å². The Morgan fingerprint density at radius 1 is 1.30 bits per heavy atom. The van der Waals surface area contributed by atoms with Gasteiger partial charge in [-0.05, 0) is 35.3 Å². The normalized spacial score (nSPS) is 12.2. The first-order valence-corrected chi connectivity index (χ1v) is 7.44. The highest BCUT2D eigenvalue weighted by atomic mass is 35.5. The van der Waals surface area contributed by atoms with Crippen LogP contribution in [0.3, 0.4) is 0 Å². The average Bonchev–Trinajstić information content (AvgIpc) is 2.32. The van der Waals surface area contributed by atoms with Crippen LogP contribution in [-0.2, 0) is 4.79 Å². The molecule has 0 spiro atoms. The van der Waals surface area contributed by atoms with E-state index >= 15 is 0 Å². The van der Waals surface area contributed by atoms with Crippen molar-refractivity contribution >= 4 is 33.7 Å². The van der Waals surface area contributed by atoms with Crippen LogP contribution < -0.4 is 0 Å². The number of thioether (sulfide) groups is 1. The molecule has 20 heavy (non-hydrogen) atoms. The van der Waals surface area contributed by atoms with Gasteiger partial charge in [-0.1, -0.05) is 26.7 Å². The molecule has 110 valence electrons. The smallest absolute Gasteiger partial charge is 0.255 e. The molecule has 1 rings (SSSR count). The molecule has 0 bridgehead atoms. The first-order chi connectivity index (χ1) is 9.35. The van der Waals surface area contributed by atoms with Crippen molar-refractivity contribution < 1.29 is 18.4 Å².